The van der Waals surface area contributed by atoms with E-state index in [9.17, 15) is 4.39 Å². The zero-order chi connectivity index (χ0) is 13.9. The Morgan fingerprint density at radius 2 is 2.15 bits per heavy atom. The van der Waals surface area contributed by atoms with Gasteiger partial charge in [0.2, 0.25) is 0 Å². The summed E-state index contributed by atoms with van der Waals surface area (Å²) in [5.41, 5.74) is 1.98. The lowest BCUT2D eigenvalue weighted by Gasteiger charge is -2.04. The van der Waals surface area contributed by atoms with E-state index in [4.69, 9.17) is 0 Å². The lowest BCUT2D eigenvalue weighted by molar-refractivity contribution is 0.624. The maximum atomic E-state index is 13.3. The Kier molecular flexibility index (Phi) is 3.71. The minimum Gasteiger partial charge on any atom is -0.314 e. The molecule has 3 aromatic rings. The van der Waals surface area contributed by atoms with E-state index >= 15 is 0 Å². The van der Waals surface area contributed by atoms with E-state index in [2.05, 4.69) is 14.7 Å². The smallest absolute Gasteiger partial charge is 0.138 e. The van der Waals surface area contributed by atoms with E-state index in [1.54, 1.807) is 6.07 Å². The summed E-state index contributed by atoms with van der Waals surface area (Å²) in [6.07, 6.45) is 1.99. The van der Waals surface area contributed by atoms with Crippen molar-refractivity contribution >= 4 is 17.4 Å². The van der Waals surface area contributed by atoms with Gasteiger partial charge >= 0.3 is 0 Å². The minimum atomic E-state index is -0.228. The summed E-state index contributed by atoms with van der Waals surface area (Å²) in [6.45, 7) is 0.711. The van der Waals surface area contributed by atoms with Crippen LogP contribution in [0.1, 0.15) is 5.69 Å². The number of pyridine rings is 1. The van der Waals surface area contributed by atoms with Gasteiger partial charge in [-0.2, -0.15) is 0 Å². The number of halogens is 1. The van der Waals surface area contributed by atoms with Gasteiger partial charge in [0.05, 0.1) is 5.69 Å². The molecule has 0 bridgehead atoms. The summed E-state index contributed by atoms with van der Waals surface area (Å²) in [5, 5.41) is 4.05. The normalized spacial score (nSPS) is 11.1. The number of benzene rings is 1. The number of nitrogens with one attached hydrogen (secondary N) is 1. The quantitative estimate of drug-likeness (QED) is 0.798. The summed E-state index contributed by atoms with van der Waals surface area (Å²) in [7, 11) is 1.90. The van der Waals surface area contributed by atoms with E-state index in [-0.39, 0.29) is 5.82 Å². The first kappa shape index (κ1) is 13.1. The highest BCUT2D eigenvalue weighted by molar-refractivity contribution is 7.99. The highest BCUT2D eigenvalue weighted by Crippen LogP contribution is 2.30. The van der Waals surface area contributed by atoms with Crippen LogP contribution in [0.25, 0.3) is 5.65 Å². The maximum Gasteiger partial charge on any atom is 0.138 e. The molecule has 3 rings (SSSR count). The molecule has 0 unspecified atom stereocenters. The predicted molar refractivity (Wildman–Crippen MR) is 78.5 cm³/mol. The highest BCUT2D eigenvalue weighted by Gasteiger charge is 2.12. The van der Waals surface area contributed by atoms with Gasteiger partial charge in [-0.25, -0.2) is 9.37 Å². The second kappa shape index (κ2) is 5.64. The van der Waals surface area contributed by atoms with Crippen molar-refractivity contribution < 1.29 is 4.39 Å². The number of fused-ring (bicyclic) bond motifs is 1. The topological polar surface area (TPSA) is 29.3 Å². The summed E-state index contributed by atoms with van der Waals surface area (Å²) < 4.78 is 15.3. The fraction of sp³-hybridized carbons (Fsp3) is 0.133. The van der Waals surface area contributed by atoms with Crippen LogP contribution in [0, 0.1) is 5.82 Å². The van der Waals surface area contributed by atoms with Crippen LogP contribution in [0.5, 0.6) is 0 Å². The number of imidazole rings is 1. The monoisotopic (exact) mass is 287 g/mol. The van der Waals surface area contributed by atoms with Gasteiger partial charge in [0.15, 0.2) is 0 Å². The SMILES string of the molecule is CNCc1c(Sc2cccc(F)c2)nc2ccccn12. The van der Waals surface area contributed by atoms with Crippen molar-refractivity contribution in [2.75, 3.05) is 7.05 Å². The zero-order valence-electron chi connectivity index (χ0n) is 11.0. The van der Waals surface area contributed by atoms with Crippen molar-refractivity contribution in [1.82, 2.24) is 14.7 Å². The molecule has 0 amide bonds. The van der Waals surface area contributed by atoms with Gasteiger partial charge < -0.3 is 9.72 Å². The molecule has 0 aliphatic rings. The van der Waals surface area contributed by atoms with Crippen LogP contribution >= 0.6 is 11.8 Å². The summed E-state index contributed by atoms with van der Waals surface area (Å²) in [5.74, 6) is -0.228. The summed E-state index contributed by atoms with van der Waals surface area (Å²) in [4.78, 5) is 5.47. The van der Waals surface area contributed by atoms with Gasteiger partial charge in [-0.3, -0.25) is 0 Å². The molecule has 2 aromatic heterocycles. The standard InChI is InChI=1S/C15H14FN3S/c1-17-10-13-15(18-14-7-2-3-8-19(13)14)20-12-6-4-5-11(16)9-12/h2-9,17H,10H2,1H3. The van der Waals surface area contributed by atoms with Crippen LogP contribution in [0.4, 0.5) is 4.39 Å². The Morgan fingerprint density at radius 1 is 1.25 bits per heavy atom. The van der Waals surface area contributed by atoms with E-state index in [0.29, 0.717) is 6.54 Å². The van der Waals surface area contributed by atoms with E-state index in [1.165, 1.54) is 23.9 Å². The summed E-state index contributed by atoms with van der Waals surface area (Å²) in [6, 6.07) is 12.5. The molecule has 0 saturated carbocycles. The molecule has 0 aliphatic heterocycles. The van der Waals surface area contributed by atoms with Gasteiger partial charge in [-0.15, -0.1) is 0 Å². The molecule has 0 saturated heterocycles. The fourth-order valence-electron chi connectivity index (χ4n) is 2.08. The van der Waals surface area contributed by atoms with Gasteiger partial charge in [-0.05, 0) is 37.4 Å². The zero-order valence-corrected chi connectivity index (χ0v) is 11.8. The second-order valence-corrected chi connectivity index (χ2v) is 5.44. The Bertz CT molecular complexity index is 739. The number of hydrogen-bond acceptors (Lipinski definition) is 3. The number of hydrogen-bond donors (Lipinski definition) is 1. The Hall–Kier alpha value is -1.85. The van der Waals surface area contributed by atoms with Crippen molar-refractivity contribution in [1.29, 1.82) is 0 Å². The number of rotatable bonds is 4. The number of nitrogens with zero attached hydrogens (tertiary/aromatic N) is 2. The average molecular weight is 287 g/mol. The molecule has 0 aliphatic carbocycles. The van der Waals surface area contributed by atoms with Crippen LogP contribution in [-0.4, -0.2) is 16.4 Å². The molecule has 0 atom stereocenters. The molecule has 0 fully saturated rings. The lowest BCUT2D eigenvalue weighted by atomic mass is 10.4. The van der Waals surface area contributed by atoms with Crippen molar-refractivity contribution in [2.45, 2.75) is 16.5 Å². The third-order valence-corrected chi connectivity index (χ3v) is 3.96. The van der Waals surface area contributed by atoms with Crippen molar-refractivity contribution in [3.8, 4) is 0 Å². The highest BCUT2D eigenvalue weighted by atomic mass is 32.2. The Morgan fingerprint density at radius 3 is 2.95 bits per heavy atom. The van der Waals surface area contributed by atoms with Crippen LogP contribution in [0.15, 0.2) is 58.6 Å². The van der Waals surface area contributed by atoms with Gasteiger partial charge in [-0.1, -0.05) is 23.9 Å². The molecule has 0 radical (unpaired) electrons. The van der Waals surface area contributed by atoms with Gasteiger partial charge in [0.1, 0.15) is 16.5 Å². The Labute approximate surface area is 120 Å². The third kappa shape index (κ3) is 2.55. The molecule has 2 heterocycles. The average Bonchev–Trinajstić information content (AvgIpc) is 2.77. The first-order valence-corrected chi connectivity index (χ1v) is 7.13. The molecule has 3 nitrogen and oxygen atoms in total. The molecule has 1 aromatic carbocycles. The van der Waals surface area contributed by atoms with E-state index < -0.39 is 0 Å². The number of aromatic nitrogens is 2. The maximum absolute atomic E-state index is 13.3. The lowest BCUT2D eigenvalue weighted by Crippen LogP contribution is -2.08. The molecule has 102 valence electrons. The van der Waals surface area contributed by atoms with Crippen LogP contribution < -0.4 is 5.32 Å². The van der Waals surface area contributed by atoms with E-state index in [1.807, 2.05) is 37.5 Å². The van der Waals surface area contributed by atoms with Gasteiger partial charge in [0, 0.05) is 17.6 Å². The van der Waals surface area contributed by atoms with Crippen LogP contribution in [0.2, 0.25) is 0 Å². The van der Waals surface area contributed by atoms with Crippen molar-refractivity contribution in [3.63, 3.8) is 0 Å². The van der Waals surface area contributed by atoms with Crippen molar-refractivity contribution in [3.05, 3.63) is 60.2 Å². The Balaban J connectivity index is 2.04. The molecule has 0 spiro atoms. The third-order valence-electron chi connectivity index (χ3n) is 2.95. The van der Waals surface area contributed by atoms with Crippen LogP contribution in [-0.2, 0) is 6.54 Å². The summed E-state index contributed by atoms with van der Waals surface area (Å²) >= 11 is 1.48. The van der Waals surface area contributed by atoms with E-state index in [0.717, 1.165) is 21.3 Å². The molecule has 1 N–H and O–H groups in total. The van der Waals surface area contributed by atoms with Crippen LogP contribution in [0.3, 0.4) is 0 Å². The first-order chi connectivity index (χ1) is 9.78. The molecule has 20 heavy (non-hydrogen) atoms. The fourth-order valence-corrected chi connectivity index (χ4v) is 3.05. The molecular weight excluding hydrogens is 273 g/mol. The minimum absolute atomic E-state index is 0.228. The largest absolute Gasteiger partial charge is 0.314 e. The second-order valence-electron chi connectivity index (χ2n) is 4.38. The molecular formula is C15H14FN3S. The predicted octanol–water partition coefficient (Wildman–Crippen LogP) is 3.34. The van der Waals surface area contributed by atoms with Crippen molar-refractivity contribution in [2.24, 2.45) is 0 Å². The first-order valence-electron chi connectivity index (χ1n) is 6.32. The molecule has 5 heteroatoms. The van der Waals surface area contributed by atoms with Gasteiger partial charge in [0.25, 0.3) is 0 Å².